The lowest BCUT2D eigenvalue weighted by atomic mass is 9.95. The second-order valence-corrected chi connectivity index (χ2v) is 25.4. The summed E-state index contributed by atoms with van der Waals surface area (Å²) >= 11 is 14.2. The van der Waals surface area contributed by atoms with Crippen LogP contribution in [0.5, 0.6) is 11.5 Å². The molecule has 500 valence electrons. The van der Waals surface area contributed by atoms with E-state index in [9.17, 15) is 52.7 Å². The molecule has 0 saturated heterocycles. The van der Waals surface area contributed by atoms with Gasteiger partial charge in [0.05, 0.1) is 15.4 Å². The number of unbranched alkanes of at least 4 members (excludes halogenated alkanes) is 2. The van der Waals surface area contributed by atoms with E-state index in [1.54, 1.807) is 90.4 Å². The number of hydrogen-bond acceptors (Lipinski definition) is 15. The number of carbonyl (C=O) groups is 11. The van der Waals surface area contributed by atoms with Crippen molar-refractivity contribution in [2.45, 2.75) is 89.8 Å². The molecule has 0 spiro atoms. The minimum absolute atomic E-state index is 0.0679. The fourth-order valence-corrected chi connectivity index (χ4v) is 13.1. The number of benzene rings is 5. The molecule has 0 radical (unpaired) electrons. The highest BCUT2D eigenvalue weighted by molar-refractivity contribution is 7.16. The maximum Gasteiger partial charge on any atom is 0.415 e. The van der Waals surface area contributed by atoms with Gasteiger partial charge in [-0.15, -0.1) is 34.5 Å². The molecule has 9 rings (SSSR count). The number of esters is 1. The number of carbonyl (C=O) groups excluding carboxylic acids is 11. The van der Waals surface area contributed by atoms with Crippen molar-refractivity contribution in [2.75, 3.05) is 80.2 Å². The number of imide groups is 1. The first-order valence-corrected chi connectivity index (χ1v) is 33.0. The van der Waals surface area contributed by atoms with E-state index in [4.69, 9.17) is 43.1 Å². The van der Waals surface area contributed by atoms with Gasteiger partial charge in [0, 0.05) is 131 Å². The quantitative estimate of drug-likeness (QED) is 0.0106. The number of fused-ring (bicyclic) bond motifs is 6. The fraction of sp³-hybridized carbons (Fsp3) is 0.368. The molecule has 11 amide bonds. The van der Waals surface area contributed by atoms with Crippen molar-refractivity contribution in [3.8, 4) is 11.5 Å². The number of rotatable bonds is 27. The Morgan fingerprint density at radius 1 is 0.663 bits per heavy atom. The van der Waals surface area contributed by atoms with E-state index < -0.39 is 48.1 Å². The van der Waals surface area contributed by atoms with Crippen molar-refractivity contribution in [2.24, 2.45) is 11.7 Å². The first-order chi connectivity index (χ1) is 45.5. The molecule has 95 heavy (non-hydrogen) atoms. The third-order valence-corrected chi connectivity index (χ3v) is 18.4. The van der Waals surface area contributed by atoms with E-state index in [1.165, 1.54) is 43.0 Å². The molecule has 6 N–H and O–H groups in total. The predicted molar refractivity (Wildman–Crippen MR) is 360 cm³/mol. The number of anilines is 3. The molecule has 5 aromatic carbocycles. The highest BCUT2D eigenvalue weighted by atomic mass is 35.5. The Bertz CT molecular complexity index is 3980. The highest BCUT2D eigenvalue weighted by Gasteiger charge is 2.39. The van der Waals surface area contributed by atoms with Crippen LogP contribution in [-0.2, 0) is 40.1 Å². The number of nitrogens with zero attached hydrogens (tertiary/aromatic N) is 5. The molecule has 4 heterocycles. The molecule has 1 aromatic heterocycles. The van der Waals surface area contributed by atoms with Gasteiger partial charge in [-0.05, 0) is 102 Å². The normalized spacial score (nSPS) is 15.3. The number of nitrogens with one attached hydrogen (secondary N) is 4. The summed E-state index contributed by atoms with van der Waals surface area (Å²) in [7, 11) is 3.05. The number of primary amides is 1. The van der Waals surface area contributed by atoms with E-state index in [1.807, 2.05) is 30.3 Å². The van der Waals surface area contributed by atoms with E-state index in [0.717, 1.165) is 43.5 Å². The number of halogens is 2. The Hall–Kier alpha value is -9.59. The topological polar surface area (TPSA) is 306 Å². The molecule has 0 saturated carbocycles. The Balaban J connectivity index is 0.752. The minimum Gasteiger partial charge on any atom is -0.445 e. The summed E-state index contributed by atoms with van der Waals surface area (Å²) < 4.78 is 17.1. The van der Waals surface area contributed by atoms with Gasteiger partial charge in [-0.1, -0.05) is 68.8 Å². The second-order valence-electron chi connectivity index (χ2n) is 23.7. The van der Waals surface area contributed by atoms with Crippen LogP contribution < -0.4 is 46.3 Å². The smallest absolute Gasteiger partial charge is 0.415 e. The molecule has 3 aliphatic heterocycles. The zero-order chi connectivity index (χ0) is 68.2. The van der Waals surface area contributed by atoms with Gasteiger partial charge in [0.15, 0.2) is 0 Å². The van der Waals surface area contributed by atoms with Crippen LogP contribution in [0.2, 0.25) is 0 Å². The average molecular weight is 1360 g/mol. The summed E-state index contributed by atoms with van der Waals surface area (Å²) in [5, 5.41) is 13.7. The highest BCUT2D eigenvalue weighted by Crippen LogP contribution is 2.48. The molecule has 27 heteroatoms. The maximum atomic E-state index is 14.5. The van der Waals surface area contributed by atoms with Crippen molar-refractivity contribution in [1.82, 2.24) is 30.7 Å². The maximum absolute atomic E-state index is 14.5. The third kappa shape index (κ3) is 16.7. The molecule has 6 aromatic rings. The average Bonchev–Trinajstić information content (AvgIpc) is 1.54. The molecular weight excluding hydrogens is 1280 g/mol. The van der Waals surface area contributed by atoms with Crippen LogP contribution in [0.4, 0.5) is 31.4 Å². The summed E-state index contributed by atoms with van der Waals surface area (Å²) in [6.45, 7) is 5.74. The molecule has 0 bridgehead atoms. The van der Waals surface area contributed by atoms with Gasteiger partial charge >= 0.3 is 24.2 Å². The van der Waals surface area contributed by atoms with Gasteiger partial charge < -0.3 is 60.8 Å². The zero-order valence-corrected chi connectivity index (χ0v) is 55.4. The molecule has 4 atom stereocenters. The van der Waals surface area contributed by atoms with E-state index >= 15 is 0 Å². The van der Waals surface area contributed by atoms with Gasteiger partial charge in [-0.2, -0.15) is 0 Å². The van der Waals surface area contributed by atoms with Crippen molar-refractivity contribution in [1.29, 1.82) is 0 Å². The van der Waals surface area contributed by atoms with Gasteiger partial charge in [0.25, 0.3) is 23.6 Å². The number of ether oxygens (including phenoxy) is 3. The number of thiophene rings is 1. The predicted octanol–water partition coefficient (Wildman–Crippen LogP) is 9.14. The Kier molecular flexibility index (Phi) is 23.2. The van der Waals surface area contributed by atoms with E-state index in [-0.39, 0.29) is 123 Å². The number of likely N-dealkylation sites (N-methyl/N-ethyl adjacent to an activating group) is 2. The summed E-state index contributed by atoms with van der Waals surface area (Å²) in [5.41, 5.74) is 9.07. The lowest BCUT2D eigenvalue weighted by Gasteiger charge is -2.25. The third-order valence-electron chi connectivity index (χ3n) is 16.6. The van der Waals surface area contributed by atoms with Crippen molar-refractivity contribution >= 4 is 139 Å². The van der Waals surface area contributed by atoms with Crippen LogP contribution >= 0.6 is 34.5 Å². The molecular formula is C68H74Cl2N10O14S. The van der Waals surface area contributed by atoms with Crippen molar-refractivity contribution < 1.29 is 67.0 Å². The number of hydrogen-bond donors (Lipinski definition) is 5. The largest absolute Gasteiger partial charge is 0.445 e. The van der Waals surface area contributed by atoms with Crippen LogP contribution in [0, 0.1) is 5.92 Å². The summed E-state index contributed by atoms with van der Waals surface area (Å²) in [4.78, 5) is 151. The zero-order valence-electron chi connectivity index (χ0n) is 53.1. The number of nitrogens with two attached hydrogens (primary N) is 1. The second kappa shape index (κ2) is 31.6. The standard InChI is InChI=1S/C68H74Cl2N10O14S/c1-39(2)61(75-56(82)18-7-6-10-30-78-57(83)27-28-58(78)84)63(86)74-49(16-12-29-72-66(71)89)62(85)73-44-21-19-41(20-22-44)38-92-67(90)76(4)31-32-77(5)68(91)94-52-17-11-15-48-46(52)23-24-50-59(48)42(34-69)36-79(50)64(87)54-25-26-55(95-54)65(88)80-37-43(35-70)60-47-14-9-8-13-45(47)53(33-51(60)80)93-40(3)81/h8-9,11,13-15,17,19-28,33,39,42-43,49,61H,6-7,10,12,16,18,29-32,34-38H2,1-5H3,(H,73,85)(H,74,86)(H,75,82)(H3,71,72,89)/t42-,43-,49+,61+/m1/s1. The summed E-state index contributed by atoms with van der Waals surface area (Å²) in [6, 6.07) is 25.0. The molecule has 0 fully saturated rings. The SMILES string of the molecule is CC(=O)Oc1cc2c(c3ccccc13)[C@H](CCl)CN2C(=O)c1ccc(C(=O)N2C[C@@H](CCl)c3c2ccc2c(OC(=O)N(C)CCN(C)C(=O)OCc4ccc(NC(=O)[C@H](CCCNC(N)=O)NC(=O)[C@@H](NC(=O)CCCCCN5C(=O)C=CC5=O)C(C)C)cc4)cccc32)s1. The molecule has 0 unspecified atom stereocenters. The number of alkyl halides is 2. The van der Waals surface area contributed by atoms with Crippen LogP contribution in [0.3, 0.4) is 0 Å². The van der Waals surface area contributed by atoms with Crippen LogP contribution in [0.1, 0.15) is 107 Å². The first kappa shape index (κ1) is 69.7. The van der Waals surface area contributed by atoms with Crippen LogP contribution in [-0.4, -0.2) is 157 Å². The summed E-state index contributed by atoms with van der Waals surface area (Å²) in [6.07, 6.45) is 3.05. The van der Waals surface area contributed by atoms with Crippen LogP contribution in [0.15, 0.2) is 109 Å². The molecule has 0 aliphatic carbocycles. The van der Waals surface area contributed by atoms with Crippen LogP contribution in [0.25, 0.3) is 21.5 Å². The molecule has 24 nitrogen and oxygen atoms in total. The van der Waals surface area contributed by atoms with Gasteiger partial charge in [-0.25, -0.2) is 14.4 Å². The van der Waals surface area contributed by atoms with E-state index in [2.05, 4.69) is 21.3 Å². The Labute approximate surface area is 562 Å². The number of amides is 11. The van der Waals surface area contributed by atoms with Crippen molar-refractivity contribution in [3.05, 3.63) is 136 Å². The van der Waals surface area contributed by atoms with Gasteiger partial charge in [-0.3, -0.25) is 43.3 Å². The minimum atomic E-state index is -1.09. The number of urea groups is 1. The summed E-state index contributed by atoms with van der Waals surface area (Å²) in [5.74, 6) is -3.26. The lowest BCUT2D eigenvalue weighted by Crippen LogP contribution is -2.54. The fourth-order valence-electron chi connectivity index (χ4n) is 11.7. The van der Waals surface area contributed by atoms with Crippen molar-refractivity contribution in [3.63, 3.8) is 0 Å². The Morgan fingerprint density at radius 2 is 1.26 bits per heavy atom. The lowest BCUT2D eigenvalue weighted by molar-refractivity contribution is -0.137. The Morgan fingerprint density at radius 3 is 1.88 bits per heavy atom. The first-order valence-electron chi connectivity index (χ1n) is 31.1. The van der Waals surface area contributed by atoms with Gasteiger partial charge in [0.2, 0.25) is 17.7 Å². The molecule has 3 aliphatic rings. The monoisotopic (exact) mass is 1360 g/mol. The van der Waals surface area contributed by atoms with E-state index in [0.29, 0.717) is 69.3 Å². The van der Waals surface area contributed by atoms with Gasteiger partial charge in [0.1, 0.15) is 30.2 Å².